The van der Waals surface area contributed by atoms with Gasteiger partial charge in [-0.15, -0.1) is 0 Å². The van der Waals surface area contributed by atoms with Crippen molar-refractivity contribution in [1.82, 2.24) is 24.2 Å². The van der Waals surface area contributed by atoms with Crippen molar-refractivity contribution in [2.24, 2.45) is 5.16 Å². The molecule has 0 fully saturated rings. The molecule has 0 saturated heterocycles. The maximum atomic E-state index is 12.3. The molecule has 1 aromatic carbocycles. The summed E-state index contributed by atoms with van der Waals surface area (Å²) in [6.45, 7) is 4.45. The number of hydrogen-bond donors (Lipinski definition) is 3. The monoisotopic (exact) mass is 459 g/mol. The number of aromatic nitrogens is 4. The number of ether oxygens (including phenoxy) is 1. The van der Waals surface area contributed by atoms with Crippen LogP contribution in [-0.2, 0) is 14.8 Å². The van der Waals surface area contributed by atoms with Gasteiger partial charge in [-0.3, -0.25) is 0 Å². The van der Waals surface area contributed by atoms with Crippen LogP contribution in [-0.4, -0.2) is 59.6 Å². The molecule has 0 amide bonds. The summed E-state index contributed by atoms with van der Waals surface area (Å²) >= 11 is 0. The van der Waals surface area contributed by atoms with Crippen molar-refractivity contribution in [3.05, 3.63) is 48.5 Å². The molecule has 2 aromatic heterocycles. The van der Waals surface area contributed by atoms with Crippen LogP contribution < -0.4 is 10.0 Å². The highest BCUT2D eigenvalue weighted by molar-refractivity contribution is 7.89. The number of sulfonamides is 1. The number of imidazole rings is 1. The highest BCUT2D eigenvalue weighted by Gasteiger charge is 2.16. The van der Waals surface area contributed by atoms with E-state index in [1.54, 1.807) is 30.6 Å². The van der Waals surface area contributed by atoms with Crippen LogP contribution in [0.5, 0.6) is 0 Å². The van der Waals surface area contributed by atoms with Crippen LogP contribution in [0.1, 0.15) is 25.7 Å². The van der Waals surface area contributed by atoms with Gasteiger partial charge in [-0.1, -0.05) is 5.16 Å². The number of methoxy groups -OCH3 is 1. The molecule has 3 aromatic rings. The third-order valence-corrected chi connectivity index (χ3v) is 5.93. The molecule has 0 bridgehead atoms. The Bertz CT molecular complexity index is 1170. The van der Waals surface area contributed by atoms with Crippen molar-refractivity contribution in [2.75, 3.05) is 25.6 Å². The average molecular weight is 460 g/mol. The van der Waals surface area contributed by atoms with Gasteiger partial charge in [-0.2, -0.15) is 0 Å². The minimum atomic E-state index is -3.61. The van der Waals surface area contributed by atoms with E-state index in [4.69, 9.17) is 9.94 Å². The van der Waals surface area contributed by atoms with Crippen molar-refractivity contribution >= 4 is 27.9 Å². The number of nitrogens with zero attached hydrogens (tertiary/aromatic N) is 5. The third kappa shape index (κ3) is 5.46. The first kappa shape index (κ1) is 23.3. The van der Waals surface area contributed by atoms with Crippen molar-refractivity contribution in [3.8, 4) is 11.4 Å². The SMILES string of the molecule is COCCNS(=O)(=O)c1ccc(Nc2nccc(-c3cnc(C=NO)n3C(C)C)n2)cc1. The van der Waals surface area contributed by atoms with Crippen LogP contribution in [0, 0.1) is 0 Å². The van der Waals surface area contributed by atoms with Gasteiger partial charge in [0.05, 0.1) is 29.1 Å². The summed E-state index contributed by atoms with van der Waals surface area (Å²) < 4.78 is 33.8. The van der Waals surface area contributed by atoms with Crippen LogP contribution >= 0.6 is 0 Å². The van der Waals surface area contributed by atoms with Crippen LogP contribution in [0.15, 0.2) is 52.8 Å². The van der Waals surface area contributed by atoms with Gasteiger partial charge in [-0.25, -0.2) is 28.1 Å². The Balaban J connectivity index is 1.80. The largest absolute Gasteiger partial charge is 0.411 e. The number of nitrogens with one attached hydrogen (secondary N) is 2. The smallest absolute Gasteiger partial charge is 0.240 e. The molecule has 0 aliphatic rings. The lowest BCUT2D eigenvalue weighted by Gasteiger charge is -2.14. The zero-order valence-corrected chi connectivity index (χ0v) is 18.7. The van der Waals surface area contributed by atoms with Gasteiger partial charge in [0.15, 0.2) is 5.82 Å². The van der Waals surface area contributed by atoms with E-state index in [1.165, 1.54) is 25.5 Å². The first-order valence-electron chi connectivity index (χ1n) is 9.79. The maximum absolute atomic E-state index is 12.3. The quantitative estimate of drug-likeness (QED) is 0.181. The normalized spacial score (nSPS) is 12.0. The van der Waals surface area contributed by atoms with Crippen molar-refractivity contribution in [3.63, 3.8) is 0 Å². The Kier molecular flexibility index (Phi) is 7.51. The molecule has 0 radical (unpaired) electrons. The number of benzene rings is 1. The maximum Gasteiger partial charge on any atom is 0.240 e. The zero-order valence-electron chi connectivity index (χ0n) is 17.9. The Morgan fingerprint density at radius 1 is 1.22 bits per heavy atom. The highest BCUT2D eigenvalue weighted by atomic mass is 32.2. The Morgan fingerprint density at radius 2 is 1.97 bits per heavy atom. The molecule has 12 heteroatoms. The lowest BCUT2D eigenvalue weighted by Crippen LogP contribution is -2.27. The third-order valence-electron chi connectivity index (χ3n) is 4.45. The Hall–Kier alpha value is -3.35. The summed E-state index contributed by atoms with van der Waals surface area (Å²) in [7, 11) is -2.10. The van der Waals surface area contributed by atoms with Crippen molar-refractivity contribution < 1.29 is 18.4 Å². The summed E-state index contributed by atoms with van der Waals surface area (Å²) in [5, 5.41) is 15.0. The summed E-state index contributed by atoms with van der Waals surface area (Å²) in [6, 6.07) is 8.07. The molecule has 32 heavy (non-hydrogen) atoms. The summed E-state index contributed by atoms with van der Waals surface area (Å²) in [5.74, 6) is 0.840. The van der Waals surface area contributed by atoms with E-state index in [2.05, 4.69) is 30.1 Å². The van der Waals surface area contributed by atoms with E-state index in [0.717, 1.165) is 5.69 Å². The van der Waals surface area contributed by atoms with Gasteiger partial charge < -0.3 is 19.8 Å². The van der Waals surface area contributed by atoms with E-state index < -0.39 is 10.0 Å². The van der Waals surface area contributed by atoms with Gasteiger partial charge in [0.25, 0.3) is 0 Å². The van der Waals surface area contributed by atoms with Crippen molar-refractivity contribution in [1.29, 1.82) is 0 Å². The fourth-order valence-corrected chi connectivity index (χ4v) is 4.04. The highest BCUT2D eigenvalue weighted by Crippen LogP contribution is 2.24. The number of anilines is 2. The standard InChI is InChI=1S/C20H25N7O4S/c1-14(2)27-18(12-22-19(27)13-23-28)17-8-9-21-20(26-17)25-15-4-6-16(7-5-15)32(29,30)24-10-11-31-3/h4-9,12-14,24,28H,10-11H2,1-3H3,(H,21,25,26). The first-order valence-corrected chi connectivity index (χ1v) is 11.3. The molecule has 0 atom stereocenters. The van der Waals surface area contributed by atoms with E-state index in [9.17, 15) is 8.42 Å². The molecule has 0 aliphatic heterocycles. The predicted molar refractivity (Wildman–Crippen MR) is 120 cm³/mol. The van der Waals surface area contributed by atoms with Crippen molar-refractivity contribution in [2.45, 2.75) is 24.8 Å². The van der Waals surface area contributed by atoms with E-state index in [-0.39, 0.29) is 24.1 Å². The van der Waals surface area contributed by atoms with E-state index in [0.29, 0.717) is 23.2 Å². The summed E-state index contributed by atoms with van der Waals surface area (Å²) in [5.41, 5.74) is 2.00. The van der Waals surface area contributed by atoms with Gasteiger partial charge in [0, 0.05) is 31.6 Å². The molecule has 2 heterocycles. The Morgan fingerprint density at radius 3 is 2.62 bits per heavy atom. The van der Waals surface area contributed by atoms with Crippen LogP contribution in [0.4, 0.5) is 11.6 Å². The molecular formula is C20H25N7O4S. The predicted octanol–water partition coefficient (Wildman–Crippen LogP) is 2.40. The molecule has 0 unspecified atom stereocenters. The molecule has 3 N–H and O–H groups in total. The van der Waals surface area contributed by atoms with Gasteiger partial charge in [-0.05, 0) is 44.2 Å². The van der Waals surface area contributed by atoms with Gasteiger partial charge >= 0.3 is 0 Å². The second-order valence-corrected chi connectivity index (χ2v) is 8.78. The number of oxime groups is 1. The van der Waals surface area contributed by atoms with Crippen LogP contribution in [0.25, 0.3) is 11.4 Å². The fraction of sp³-hybridized carbons (Fsp3) is 0.300. The second-order valence-electron chi connectivity index (χ2n) is 7.02. The molecule has 0 saturated carbocycles. The first-order chi connectivity index (χ1) is 15.4. The fourth-order valence-electron chi connectivity index (χ4n) is 3.02. The van der Waals surface area contributed by atoms with Gasteiger partial charge in [0.2, 0.25) is 16.0 Å². The summed E-state index contributed by atoms with van der Waals surface area (Å²) in [6.07, 6.45) is 4.53. The minimum Gasteiger partial charge on any atom is -0.411 e. The van der Waals surface area contributed by atoms with E-state index in [1.807, 2.05) is 18.4 Å². The van der Waals surface area contributed by atoms with E-state index >= 15 is 0 Å². The minimum absolute atomic E-state index is 0.0545. The lowest BCUT2D eigenvalue weighted by molar-refractivity contribution is 0.204. The summed E-state index contributed by atoms with van der Waals surface area (Å²) in [4.78, 5) is 13.2. The molecule has 0 aliphatic carbocycles. The Labute approximate surface area is 186 Å². The second kappa shape index (κ2) is 10.3. The molecule has 0 spiro atoms. The number of hydrogen-bond acceptors (Lipinski definition) is 9. The number of rotatable bonds is 10. The molecular weight excluding hydrogens is 434 g/mol. The van der Waals surface area contributed by atoms with Crippen LogP contribution in [0.2, 0.25) is 0 Å². The topological polar surface area (TPSA) is 144 Å². The van der Waals surface area contributed by atoms with Gasteiger partial charge in [0.1, 0.15) is 6.21 Å². The average Bonchev–Trinajstić information content (AvgIpc) is 3.19. The lowest BCUT2D eigenvalue weighted by atomic mass is 10.2. The van der Waals surface area contributed by atoms with Crippen LogP contribution in [0.3, 0.4) is 0 Å². The zero-order chi connectivity index (χ0) is 23.1. The molecule has 3 rings (SSSR count). The molecule has 11 nitrogen and oxygen atoms in total. The molecule has 170 valence electrons.